The van der Waals surface area contributed by atoms with Crippen LogP contribution in [0.25, 0.3) is 0 Å². The van der Waals surface area contributed by atoms with Crippen LogP contribution in [0.3, 0.4) is 0 Å². The molecule has 0 spiro atoms. The molecule has 0 bridgehead atoms. The molecule has 6 nitrogen and oxygen atoms in total. The maximum atomic E-state index is 12.4. The summed E-state index contributed by atoms with van der Waals surface area (Å²) in [6.07, 6.45) is 1.31. The Kier molecular flexibility index (Phi) is 7.70. The Labute approximate surface area is 169 Å². The fourth-order valence-electron chi connectivity index (χ4n) is 2.33. The second kappa shape index (κ2) is 9.38. The van der Waals surface area contributed by atoms with Crippen molar-refractivity contribution in [1.82, 2.24) is 9.29 Å². The van der Waals surface area contributed by atoms with E-state index in [1.165, 1.54) is 52.6 Å². The summed E-state index contributed by atoms with van der Waals surface area (Å²) < 4.78 is 50.8. The number of hydrogen-bond acceptors (Lipinski definition) is 6. The fourth-order valence-corrected chi connectivity index (χ4v) is 6.36. The van der Waals surface area contributed by atoms with E-state index in [9.17, 15) is 16.8 Å². The fraction of sp³-hybridized carbons (Fsp3) is 0.353. The smallest absolute Gasteiger partial charge is 0.244 e. The van der Waals surface area contributed by atoms with Gasteiger partial charge in [-0.1, -0.05) is 25.4 Å². The van der Waals surface area contributed by atoms with E-state index in [0.717, 1.165) is 0 Å². The number of nitrogens with zero attached hydrogens (tertiary/aromatic N) is 2. The van der Waals surface area contributed by atoms with Gasteiger partial charge in [0.15, 0.2) is 9.84 Å². The first-order chi connectivity index (χ1) is 12.7. The van der Waals surface area contributed by atoms with Crippen molar-refractivity contribution in [3.05, 3.63) is 47.6 Å². The first kappa shape index (κ1) is 22.2. The van der Waals surface area contributed by atoms with Crippen LogP contribution in [0.2, 0.25) is 5.02 Å². The average molecular weight is 449 g/mol. The Hall–Kier alpha value is -1.13. The zero-order valence-corrected chi connectivity index (χ0v) is 18.2. The molecule has 0 atom stereocenters. The Morgan fingerprint density at radius 3 is 2.07 bits per heavy atom. The van der Waals surface area contributed by atoms with Gasteiger partial charge in [-0.05, 0) is 36.4 Å². The summed E-state index contributed by atoms with van der Waals surface area (Å²) in [4.78, 5) is 4.50. The molecule has 0 aliphatic heterocycles. The number of halogens is 1. The van der Waals surface area contributed by atoms with E-state index in [0.29, 0.717) is 28.9 Å². The van der Waals surface area contributed by atoms with Crippen LogP contribution in [0.4, 0.5) is 0 Å². The van der Waals surface area contributed by atoms with E-state index in [1.807, 2.05) is 0 Å². The number of rotatable bonds is 9. The lowest BCUT2D eigenvalue weighted by Gasteiger charge is -2.18. The van der Waals surface area contributed by atoms with Crippen LogP contribution in [0.5, 0.6) is 0 Å². The molecule has 1 aromatic carbocycles. The van der Waals surface area contributed by atoms with Crippen molar-refractivity contribution in [2.75, 3.05) is 24.6 Å². The summed E-state index contributed by atoms with van der Waals surface area (Å²) in [5, 5.41) is 1.05. The molecule has 0 aliphatic carbocycles. The molecule has 0 N–H and O–H groups in total. The van der Waals surface area contributed by atoms with Crippen molar-refractivity contribution in [1.29, 1.82) is 0 Å². The first-order valence-electron chi connectivity index (χ1n) is 8.28. The minimum absolute atomic E-state index is 0.0551. The number of aromatic nitrogens is 1. The van der Waals surface area contributed by atoms with Gasteiger partial charge in [0.1, 0.15) is 4.90 Å². The molecular weight excluding hydrogens is 428 g/mol. The van der Waals surface area contributed by atoms with Gasteiger partial charge in [-0.15, -0.1) is 11.8 Å². The molecule has 0 aliphatic rings. The lowest BCUT2D eigenvalue weighted by atomic mass is 10.4. The Balaban J connectivity index is 2.00. The molecule has 0 radical (unpaired) electrons. The van der Waals surface area contributed by atoms with Crippen molar-refractivity contribution in [2.45, 2.75) is 28.7 Å². The van der Waals surface area contributed by atoms with Gasteiger partial charge < -0.3 is 0 Å². The zero-order chi connectivity index (χ0) is 20.1. The lowest BCUT2D eigenvalue weighted by Crippen LogP contribution is -2.30. The molecule has 0 saturated heterocycles. The largest absolute Gasteiger partial charge is 0.249 e. The van der Waals surface area contributed by atoms with Crippen molar-refractivity contribution < 1.29 is 16.8 Å². The normalized spacial score (nSPS) is 12.4. The minimum atomic E-state index is -3.55. The summed E-state index contributed by atoms with van der Waals surface area (Å²) in [6, 6.07) is 9.13. The second-order valence-electron chi connectivity index (χ2n) is 5.54. The molecule has 27 heavy (non-hydrogen) atoms. The van der Waals surface area contributed by atoms with Gasteiger partial charge in [-0.25, -0.2) is 21.8 Å². The lowest BCUT2D eigenvalue weighted by molar-refractivity contribution is 0.445. The molecule has 1 heterocycles. The standard InChI is InChI=1S/C17H21ClN2O4S3/c1-3-20(4-2)27(23,24)16-9-10-17(19-13-16)25-11-12-26(21,22)15-7-5-14(18)6-8-15/h5-10,13H,3-4,11-12H2,1-2H3. The molecule has 0 saturated carbocycles. The van der Waals surface area contributed by atoms with Gasteiger partial charge in [0, 0.05) is 30.1 Å². The van der Waals surface area contributed by atoms with Gasteiger partial charge in [0.25, 0.3) is 0 Å². The zero-order valence-electron chi connectivity index (χ0n) is 15.0. The summed E-state index contributed by atoms with van der Waals surface area (Å²) in [6.45, 7) is 4.33. The number of pyridine rings is 1. The molecule has 2 rings (SSSR count). The highest BCUT2D eigenvalue weighted by Gasteiger charge is 2.22. The summed E-state index contributed by atoms with van der Waals surface area (Å²) in [5.74, 6) is 0.251. The van der Waals surface area contributed by atoms with Gasteiger partial charge in [0.05, 0.1) is 15.7 Å². The molecule has 1 aromatic heterocycles. The third-order valence-corrected chi connectivity index (χ3v) is 9.05. The molecule has 10 heteroatoms. The number of sulfone groups is 1. The topological polar surface area (TPSA) is 84.4 Å². The molecular formula is C17H21ClN2O4S3. The first-order valence-corrected chi connectivity index (χ1v) is 12.7. The number of hydrogen-bond donors (Lipinski definition) is 0. The number of thioether (sulfide) groups is 1. The molecule has 0 fully saturated rings. The van der Waals surface area contributed by atoms with E-state index in [1.54, 1.807) is 19.9 Å². The van der Waals surface area contributed by atoms with Crippen LogP contribution in [0.15, 0.2) is 57.4 Å². The minimum Gasteiger partial charge on any atom is -0.249 e. The monoisotopic (exact) mass is 448 g/mol. The highest BCUT2D eigenvalue weighted by molar-refractivity contribution is 8.00. The van der Waals surface area contributed by atoms with E-state index in [-0.39, 0.29) is 15.5 Å². The average Bonchev–Trinajstić information content (AvgIpc) is 2.63. The number of benzene rings is 1. The van der Waals surface area contributed by atoms with Crippen LogP contribution in [-0.2, 0) is 19.9 Å². The Bertz CT molecular complexity index is 956. The van der Waals surface area contributed by atoms with Crippen LogP contribution in [0.1, 0.15) is 13.8 Å². The third kappa shape index (κ3) is 5.68. The summed E-state index contributed by atoms with van der Waals surface area (Å²) >= 11 is 7.04. The van der Waals surface area contributed by atoms with Crippen LogP contribution < -0.4 is 0 Å². The number of sulfonamides is 1. The highest BCUT2D eigenvalue weighted by Crippen LogP contribution is 2.21. The summed E-state index contributed by atoms with van der Waals surface area (Å²) in [5.41, 5.74) is 0. The third-order valence-electron chi connectivity index (χ3n) is 3.83. The highest BCUT2D eigenvalue weighted by atomic mass is 35.5. The van der Waals surface area contributed by atoms with Gasteiger partial charge in [-0.3, -0.25) is 0 Å². The van der Waals surface area contributed by atoms with Gasteiger partial charge in [0.2, 0.25) is 10.0 Å². The SMILES string of the molecule is CCN(CC)S(=O)(=O)c1ccc(SCCS(=O)(=O)c2ccc(Cl)cc2)nc1. The molecule has 2 aromatic rings. The van der Waals surface area contributed by atoms with E-state index in [2.05, 4.69) is 4.98 Å². The van der Waals surface area contributed by atoms with E-state index in [4.69, 9.17) is 11.6 Å². The molecule has 0 amide bonds. The Morgan fingerprint density at radius 1 is 0.963 bits per heavy atom. The van der Waals surface area contributed by atoms with Crippen LogP contribution >= 0.6 is 23.4 Å². The molecule has 148 valence electrons. The second-order valence-corrected chi connectivity index (χ2v) is 11.1. The van der Waals surface area contributed by atoms with Crippen molar-refractivity contribution in [3.63, 3.8) is 0 Å². The van der Waals surface area contributed by atoms with E-state index >= 15 is 0 Å². The van der Waals surface area contributed by atoms with Crippen molar-refractivity contribution >= 4 is 43.2 Å². The van der Waals surface area contributed by atoms with Crippen LogP contribution in [-0.4, -0.2) is 50.7 Å². The predicted molar refractivity (Wildman–Crippen MR) is 109 cm³/mol. The van der Waals surface area contributed by atoms with E-state index < -0.39 is 19.9 Å². The maximum absolute atomic E-state index is 12.4. The predicted octanol–water partition coefficient (Wildman–Crippen LogP) is 3.33. The van der Waals surface area contributed by atoms with Crippen molar-refractivity contribution in [3.8, 4) is 0 Å². The Morgan fingerprint density at radius 2 is 1.56 bits per heavy atom. The summed E-state index contributed by atoms with van der Waals surface area (Å²) in [7, 11) is -6.95. The molecule has 0 unspecified atom stereocenters. The quantitative estimate of drug-likeness (QED) is 0.547. The van der Waals surface area contributed by atoms with Gasteiger partial charge >= 0.3 is 0 Å². The van der Waals surface area contributed by atoms with Crippen LogP contribution in [0, 0.1) is 0 Å². The van der Waals surface area contributed by atoms with Gasteiger partial charge in [-0.2, -0.15) is 4.31 Å². The maximum Gasteiger partial charge on any atom is 0.244 e. The van der Waals surface area contributed by atoms with Crippen molar-refractivity contribution in [2.24, 2.45) is 0 Å².